The van der Waals surface area contributed by atoms with Crippen LogP contribution >= 0.6 is 22.9 Å². The number of aromatic nitrogens is 2. The van der Waals surface area contributed by atoms with Gasteiger partial charge >= 0.3 is 6.11 Å². The van der Waals surface area contributed by atoms with Gasteiger partial charge in [-0.25, -0.2) is 4.98 Å². The normalized spacial score (nSPS) is 21.7. The minimum atomic E-state index is -3.90. The summed E-state index contributed by atoms with van der Waals surface area (Å²) >= 11 is 7.70. The van der Waals surface area contributed by atoms with E-state index in [2.05, 4.69) is 15.3 Å². The summed E-state index contributed by atoms with van der Waals surface area (Å²) in [5.41, 5.74) is -1.55. The molecule has 3 fully saturated rings. The molecule has 0 aliphatic carbocycles. The highest BCUT2D eigenvalue weighted by atomic mass is 35.5. The number of aliphatic hydroxyl groups is 1. The lowest BCUT2D eigenvalue weighted by atomic mass is 9.92. The Morgan fingerprint density at radius 2 is 2.07 bits per heavy atom. The van der Waals surface area contributed by atoms with Crippen molar-refractivity contribution >= 4 is 40.1 Å². The van der Waals surface area contributed by atoms with Crippen molar-refractivity contribution in [3.8, 4) is 16.3 Å². The van der Waals surface area contributed by atoms with Crippen LogP contribution in [0.1, 0.15) is 20.3 Å². The standard InChI is InChI=1S/C19H19ClF2N4O3S/c1-18(2,27)19(21,22)29-15-12(20)6-11(16-23-3-4-30-16)14-13(15)25-17(28-14)26-7-9-5-10(8-26)24-9/h3-4,6,9-10,24,27H,5,7-8H2,1-2H3. The molecule has 2 atom stereocenters. The molecule has 2 unspecified atom stereocenters. The summed E-state index contributed by atoms with van der Waals surface area (Å²) in [6.07, 6.45) is -1.17. The molecule has 3 aliphatic heterocycles. The van der Waals surface area contributed by atoms with Crippen LogP contribution in [0.2, 0.25) is 5.02 Å². The molecule has 5 heterocycles. The van der Waals surface area contributed by atoms with Crippen LogP contribution in [-0.4, -0.2) is 52.0 Å². The summed E-state index contributed by atoms with van der Waals surface area (Å²) in [5.74, 6) is -0.339. The van der Waals surface area contributed by atoms with E-state index in [9.17, 15) is 13.9 Å². The number of piperidine rings is 1. The Kier molecular flexibility index (Phi) is 4.48. The van der Waals surface area contributed by atoms with E-state index in [1.54, 1.807) is 11.6 Å². The predicted molar refractivity (Wildman–Crippen MR) is 110 cm³/mol. The van der Waals surface area contributed by atoms with Gasteiger partial charge in [-0.3, -0.25) is 0 Å². The molecular weight excluding hydrogens is 438 g/mol. The van der Waals surface area contributed by atoms with Crippen molar-refractivity contribution in [2.75, 3.05) is 18.0 Å². The number of thiazole rings is 1. The average molecular weight is 457 g/mol. The first kappa shape index (κ1) is 19.9. The van der Waals surface area contributed by atoms with Gasteiger partial charge in [-0.2, -0.15) is 13.8 Å². The number of rotatable bonds is 5. The quantitative estimate of drug-likeness (QED) is 0.602. The Bertz CT molecular complexity index is 1080. The Morgan fingerprint density at radius 3 is 2.67 bits per heavy atom. The molecule has 0 amide bonds. The molecule has 30 heavy (non-hydrogen) atoms. The van der Waals surface area contributed by atoms with E-state index >= 15 is 0 Å². The number of ether oxygens (including phenoxy) is 1. The number of hydrogen-bond acceptors (Lipinski definition) is 8. The molecule has 3 saturated heterocycles. The minimum Gasteiger partial charge on any atom is -0.426 e. The molecule has 2 aromatic heterocycles. The van der Waals surface area contributed by atoms with Gasteiger partial charge in [-0.05, 0) is 26.3 Å². The molecule has 0 spiro atoms. The number of alkyl halides is 2. The third-order valence-corrected chi connectivity index (χ3v) is 6.45. The molecule has 2 N–H and O–H groups in total. The van der Waals surface area contributed by atoms with Crippen molar-refractivity contribution in [3.63, 3.8) is 0 Å². The number of nitrogens with one attached hydrogen (secondary N) is 1. The third kappa shape index (κ3) is 3.22. The van der Waals surface area contributed by atoms with Crippen LogP contribution in [0.25, 0.3) is 21.7 Å². The summed E-state index contributed by atoms with van der Waals surface area (Å²) in [7, 11) is 0. The van der Waals surface area contributed by atoms with Crippen LogP contribution in [0.4, 0.5) is 14.8 Å². The number of hydrogen-bond donors (Lipinski definition) is 2. The van der Waals surface area contributed by atoms with Crippen LogP contribution in [-0.2, 0) is 0 Å². The van der Waals surface area contributed by atoms with E-state index in [0.717, 1.165) is 20.3 Å². The fourth-order valence-corrected chi connectivity index (χ4v) is 4.57. The van der Waals surface area contributed by atoms with E-state index in [0.29, 0.717) is 41.8 Å². The van der Waals surface area contributed by atoms with Crippen LogP contribution in [0, 0.1) is 0 Å². The van der Waals surface area contributed by atoms with Crippen molar-refractivity contribution in [2.24, 2.45) is 0 Å². The number of benzene rings is 1. The molecule has 6 rings (SSSR count). The summed E-state index contributed by atoms with van der Waals surface area (Å²) in [4.78, 5) is 10.7. The molecule has 0 saturated carbocycles. The molecule has 7 nitrogen and oxygen atoms in total. The molecule has 2 bridgehead atoms. The fourth-order valence-electron chi connectivity index (χ4n) is 3.69. The van der Waals surface area contributed by atoms with Gasteiger partial charge in [-0.15, -0.1) is 11.3 Å². The van der Waals surface area contributed by atoms with Crippen LogP contribution in [0.5, 0.6) is 5.75 Å². The van der Waals surface area contributed by atoms with E-state index in [1.807, 2.05) is 4.90 Å². The number of nitrogens with zero attached hydrogens (tertiary/aromatic N) is 3. The second-order valence-electron chi connectivity index (χ2n) is 8.13. The molecule has 3 aromatic rings. The molecule has 0 radical (unpaired) electrons. The first-order valence-electron chi connectivity index (χ1n) is 9.45. The van der Waals surface area contributed by atoms with Gasteiger partial charge < -0.3 is 24.5 Å². The molecule has 160 valence electrons. The van der Waals surface area contributed by atoms with Crippen molar-refractivity contribution in [3.05, 3.63) is 22.7 Å². The monoisotopic (exact) mass is 456 g/mol. The topological polar surface area (TPSA) is 83.7 Å². The van der Waals surface area contributed by atoms with E-state index in [1.165, 1.54) is 17.4 Å². The molecular formula is C19H19ClF2N4O3S. The zero-order valence-electron chi connectivity index (χ0n) is 16.2. The summed E-state index contributed by atoms with van der Waals surface area (Å²) in [6.45, 7) is 3.34. The van der Waals surface area contributed by atoms with Gasteiger partial charge in [0.15, 0.2) is 22.5 Å². The second kappa shape index (κ2) is 6.74. The Morgan fingerprint density at radius 1 is 1.37 bits per heavy atom. The molecule has 1 aromatic carbocycles. The number of halogens is 3. The average Bonchev–Trinajstić information content (AvgIpc) is 3.32. The Hall–Kier alpha value is -2.01. The van der Waals surface area contributed by atoms with Gasteiger partial charge in [0.25, 0.3) is 6.01 Å². The van der Waals surface area contributed by atoms with Crippen molar-refractivity contribution in [1.82, 2.24) is 15.3 Å². The lowest BCUT2D eigenvalue weighted by Gasteiger charge is -2.47. The second-order valence-corrected chi connectivity index (χ2v) is 9.43. The van der Waals surface area contributed by atoms with E-state index in [4.69, 9.17) is 20.8 Å². The highest BCUT2D eigenvalue weighted by Crippen LogP contribution is 2.45. The largest absolute Gasteiger partial charge is 0.426 e. The van der Waals surface area contributed by atoms with Gasteiger partial charge in [-0.1, -0.05) is 11.6 Å². The Balaban J connectivity index is 1.64. The van der Waals surface area contributed by atoms with Gasteiger partial charge in [0.1, 0.15) is 5.01 Å². The fraction of sp³-hybridized carbons (Fsp3) is 0.474. The maximum atomic E-state index is 14.5. The van der Waals surface area contributed by atoms with E-state index < -0.39 is 11.7 Å². The number of oxazole rings is 1. The minimum absolute atomic E-state index is 0.0684. The van der Waals surface area contributed by atoms with Gasteiger partial charge in [0.2, 0.25) is 0 Å². The first-order chi connectivity index (χ1) is 14.1. The highest BCUT2D eigenvalue weighted by Gasteiger charge is 2.49. The summed E-state index contributed by atoms with van der Waals surface area (Å²) in [6, 6.07) is 2.51. The van der Waals surface area contributed by atoms with Crippen molar-refractivity contribution in [2.45, 2.75) is 44.1 Å². The SMILES string of the molecule is CC(C)(O)C(F)(F)Oc1c(Cl)cc(-c2nccs2)c2oc(N3CC4CC(C3)N4)nc12. The number of fused-ring (bicyclic) bond motifs is 3. The number of anilines is 1. The van der Waals surface area contributed by atoms with Gasteiger partial charge in [0.05, 0.1) is 10.6 Å². The lowest BCUT2D eigenvalue weighted by Crippen LogP contribution is -2.67. The molecule has 3 aliphatic rings. The van der Waals surface area contributed by atoms with Gasteiger partial charge in [0, 0.05) is 36.8 Å². The third-order valence-electron chi connectivity index (χ3n) is 5.36. The smallest absolute Gasteiger partial charge is 0.426 e. The van der Waals surface area contributed by atoms with Crippen LogP contribution < -0.4 is 15.0 Å². The summed E-state index contributed by atoms with van der Waals surface area (Å²) < 4.78 is 40.0. The van der Waals surface area contributed by atoms with Crippen molar-refractivity contribution in [1.29, 1.82) is 0 Å². The zero-order chi connectivity index (χ0) is 21.3. The molecule has 11 heteroatoms. The zero-order valence-corrected chi connectivity index (χ0v) is 17.7. The van der Waals surface area contributed by atoms with E-state index in [-0.39, 0.29) is 21.9 Å². The van der Waals surface area contributed by atoms with Crippen molar-refractivity contribution < 1.29 is 23.0 Å². The van der Waals surface area contributed by atoms with Crippen LogP contribution in [0.15, 0.2) is 22.1 Å². The highest BCUT2D eigenvalue weighted by molar-refractivity contribution is 7.13. The maximum Gasteiger partial charge on any atom is 0.426 e. The number of piperazine rings is 1. The first-order valence-corrected chi connectivity index (χ1v) is 10.7. The Labute approximate surface area is 179 Å². The predicted octanol–water partition coefficient (Wildman–Crippen LogP) is 3.90. The maximum absolute atomic E-state index is 14.5. The summed E-state index contributed by atoms with van der Waals surface area (Å²) in [5, 5.41) is 15.6. The van der Waals surface area contributed by atoms with Crippen LogP contribution in [0.3, 0.4) is 0 Å². The lowest BCUT2D eigenvalue weighted by molar-refractivity contribution is -0.275.